The van der Waals surface area contributed by atoms with Crippen LogP contribution in [-0.4, -0.2) is 31.6 Å². The van der Waals surface area contributed by atoms with Gasteiger partial charge in [-0.2, -0.15) is 0 Å². The number of hydrogen-bond donors (Lipinski definition) is 2. The van der Waals surface area contributed by atoms with Crippen LogP contribution >= 0.6 is 0 Å². The van der Waals surface area contributed by atoms with Crippen molar-refractivity contribution in [2.75, 3.05) is 18.6 Å². The number of hydrogen-bond acceptors (Lipinski definition) is 3. The molecule has 0 saturated carbocycles. The molecule has 0 radical (unpaired) electrons. The minimum absolute atomic E-state index is 0.0348. The van der Waals surface area contributed by atoms with Crippen LogP contribution in [0.25, 0.3) is 0 Å². The predicted octanol–water partition coefficient (Wildman–Crippen LogP) is 1.22. The molecular weight excluding hydrogens is 202 g/mol. The topological polar surface area (TPSA) is 62.3 Å². The normalized spacial score (nSPS) is 25.9. The summed E-state index contributed by atoms with van der Waals surface area (Å²) in [5, 5.41) is 8.04. The number of anilines is 1. The number of piperidine rings is 1. The fraction of sp³-hybridized carbons (Fsp3) is 0.417. The van der Waals surface area contributed by atoms with Gasteiger partial charge in [0.15, 0.2) is 0 Å². The summed E-state index contributed by atoms with van der Waals surface area (Å²) in [7, 11) is 1.65. The largest absolute Gasteiger partial charge is 0.379 e. The average molecular weight is 219 g/mol. The Morgan fingerprint density at radius 1 is 1.38 bits per heavy atom. The number of amidine groups is 1. The SMILES string of the molecule is COC1CCN(c2ccccc2)C(=N)C1N. The van der Waals surface area contributed by atoms with E-state index >= 15 is 0 Å². The third-order valence-electron chi connectivity index (χ3n) is 3.01. The van der Waals surface area contributed by atoms with E-state index in [1.54, 1.807) is 7.11 Å². The van der Waals surface area contributed by atoms with Gasteiger partial charge in [0.25, 0.3) is 0 Å². The van der Waals surface area contributed by atoms with Gasteiger partial charge in [0.05, 0.1) is 12.1 Å². The molecule has 2 rings (SSSR count). The Bertz CT molecular complexity index is 366. The minimum Gasteiger partial charge on any atom is -0.379 e. The standard InChI is InChI=1S/C12H17N3O/c1-16-10-7-8-15(12(14)11(10)13)9-5-3-2-4-6-9/h2-6,10-11,14H,7-8,13H2,1H3. The first-order valence-electron chi connectivity index (χ1n) is 5.43. The van der Waals surface area contributed by atoms with Crippen LogP contribution in [0.2, 0.25) is 0 Å². The van der Waals surface area contributed by atoms with Crippen LogP contribution < -0.4 is 10.6 Å². The molecule has 0 aromatic heterocycles. The molecule has 0 spiro atoms. The number of nitrogens with one attached hydrogen (secondary N) is 1. The van der Waals surface area contributed by atoms with Crippen LogP contribution in [0.5, 0.6) is 0 Å². The van der Waals surface area contributed by atoms with Gasteiger partial charge in [0.2, 0.25) is 0 Å². The Morgan fingerprint density at radius 3 is 2.69 bits per heavy atom. The van der Waals surface area contributed by atoms with E-state index in [0.717, 1.165) is 18.7 Å². The number of methoxy groups -OCH3 is 1. The molecule has 0 amide bonds. The molecular formula is C12H17N3O. The van der Waals surface area contributed by atoms with Gasteiger partial charge in [-0.1, -0.05) is 18.2 Å². The van der Waals surface area contributed by atoms with Gasteiger partial charge >= 0.3 is 0 Å². The van der Waals surface area contributed by atoms with E-state index in [4.69, 9.17) is 15.9 Å². The molecule has 1 aliphatic heterocycles. The molecule has 1 aromatic carbocycles. The lowest BCUT2D eigenvalue weighted by Crippen LogP contribution is -2.56. The Balaban J connectivity index is 2.17. The number of rotatable bonds is 2. The van der Waals surface area contributed by atoms with Gasteiger partial charge in [0, 0.05) is 19.3 Å². The molecule has 1 saturated heterocycles. The number of benzene rings is 1. The van der Waals surface area contributed by atoms with Crippen molar-refractivity contribution in [1.29, 1.82) is 5.41 Å². The summed E-state index contributed by atoms with van der Waals surface area (Å²) in [6, 6.07) is 9.56. The van der Waals surface area contributed by atoms with Gasteiger partial charge in [-0.25, -0.2) is 0 Å². The second-order valence-electron chi connectivity index (χ2n) is 3.96. The maximum absolute atomic E-state index is 8.04. The monoisotopic (exact) mass is 219 g/mol. The van der Waals surface area contributed by atoms with Crippen LogP contribution in [0.1, 0.15) is 6.42 Å². The molecule has 4 nitrogen and oxygen atoms in total. The minimum atomic E-state index is -0.334. The molecule has 86 valence electrons. The molecule has 3 N–H and O–H groups in total. The lowest BCUT2D eigenvalue weighted by molar-refractivity contribution is 0.0860. The van der Waals surface area contributed by atoms with E-state index < -0.39 is 0 Å². The van der Waals surface area contributed by atoms with Gasteiger partial charge in [-0.3, -0.25) is 5.41 Å². The van der Waals surface area contributed by atoms with Crippen molar-refractivity contribution in [3.63, 3.8) is 0 Å². The Kier molecular flexibility index (Phi) is 3.22. The van der Waals surface area contributed by atoms with E-state index in [1.807, 2.05) is 35.2 Å². The van der Waals surface area contributed by atoms with Crippen molar-refractivity contribution in [2.24, 2.45) is 5.73 Å². The summed E-state index contributed by atoms with van der Waals surface area (Å²) in [6.45, 7) is 0.787. The van der Waals surface area contributed by atoms with E-state index in [0.29, 0.717) is 5.84 Å². The first-order valence-corrected chi connectivity index (χ1v) is 5.43. The van der Waals surface area contributed by atoms with Crippen molar-refractivity contribution in [3.8, 4) is 0 Å². The van der Waals surface area contributed by atoms with E-state index in [1.165, 1.54) is 0 Å². The van der Waals surface area contributed by atoms with Crippen LogP contribution in [0.15, 0.2) is 30.3 Å². The number of nitrogens with two attached hydrogens (primary N) is 1. The number of ether oxygens (including phenoxy) is 1. The zero-order valence-electron chi connectivity index (χ0n) is 9.39. The summed E-state index contributed by atoms with van der Waals surface area (Å²) in [4.78, 5) is 1.94. The molecule has 1 heterocycles. The van der Waals surface area contributed by atoms with E-state index in [-0.39, 0.29) is 12.1 Å². The maximum Gasteiger partial charge on any atom is 0.120 e. The molecule has 2 atom stereocenters. The molecule has 0 aliphatic carbocycles. The zero-order valence-corrected chi connectivity index (χ0v) is 9.39. The average Bonchev–Trinajstić information content (AvgIpc) is 2.34. The second kappa shape index (κ2) is 4.63. The number of nitrogens with zero attached hydrogens (tertiary/aromatic N) is 1. The summed E-state index contributed by atoms with van der Waals surface area (Å²) in [6.07, 6.45) is 0.821. The Labute approximate surface area is 95.5 Å². The highest BCUT2D eigenvalue weighted by Gasteiger charge is 2.31. The van der Waals surface area contributed by atoms with Crippen LogP contribution in [-0.2, 0) is 4.74 Å². The highest BCUT2D eigenvalue weighted by molar-refractivity contribution is 6.00. The van der Waals surface area contributed by atoms with Crippen LogP contribution in [0.3, 0.4) is 0 Å². The van der Waals surface area contributed by atoms with Crippen molar-refractivity contribution >= 4 is 11.5 Å². The Morgan fingerprint density at radius 2 is 2.06 bits per heavy atom. The quantitative estimate of drug-likeness (QED) is 0.786. The Hall–Kier alpha value is -1.39. The van der Waals surface area contributed by atoms with Gasteiger partial charge in [0.1, 0.15) is 5.84 Å². The molecule has 16 heavy (non-hydrogen) atoms. The van der Waals surface area contributed by atoms with E-state index in [9.17, 15) is 0 Å². The lowest BCUT2D eigenvalue weighted by Gasteiger charge is -2.37. The fourth-order valence-electron chi connectivity index (χ4n) is 2.05. The van der Waals surface area contributed by atoms with Gasteiger partial charge in [-0.15, -0.1) is 0 Å². The molecule has 0 bridgehead atoms. The molecule has 1 fully saturated rings. The molecule has 2 unspecified atom stereocenters. The smallest absolute Gasteiger partial charge is 0.120 e. The van der Waals surface area contributed by atoms with E-state index in [2.05, 4.69) is 0 Å². The predicted molar refractivity (Wildman–Crippen MR) is 64.9 cm³/mol. The highest BCUT2D eigenvalue weighted by atomic mass is 16.5. The molecule has 1 aliphatic rings. The summed E-state index contributed by atoms with van der Waals surface area (Å²) >= 11 is 0. The zero-order chi connectivity index (χ0) is 11.5. The van der Waals surface area contributed by atoms with Crippen molar-refractivity contribution in [2.45, 2.75) is 18.6 Å². The molecule has 1 aromatic rings. The van der Waals surface area contributed by atoms with Crippen LogP contribution in [0, 0.1) is 5.41 Å². The highest BCUT2D eigenvalue weighted by Crippen LogP contribution is 2.21. The molecule has 4 heteroatoms. The summed E-state index contributed by atoms with van der Waals surface area (Å²) in [5.41, 5.74) is 7.00. The summed E-state index contributed by atoms with van der Waals surface area (Å²) < 4.78 is 5.27. The second-order valence-corrected chi connectivity index (χ2v) is 3.96. The number of para-hydroxylation sites is 1. The first-order chi connectivity index (χ1) is 7.74. The van der Waals surface area contributed by atoms with Crippen molar-refractivity contribution in [1.82, 2.24) is 0 Å². The van der Waals surface area contributed by atoms with Crippen molar-refractivity contribution < 1.29 is 4.74 Å². The summed E-state index contributed by atoms with van der Waals surface area (Å²) in [5.74, 6) is 0.435. The van der Waals surface area contributed by atoms with Gasteiger partial charge < -0.3 is 15.4 Å². The first kappa shape index (κ1) is 11.1. The fourth-order valence-corrected chi connectivity index (χ4v) is 2.05. The van der Waals surface area contributed by atoms with Crippen LogP contribution in [0.4, 0.5) is 5.69 Å². The third kappa shape index (κ3) is 1.94. The van der Waals surface area contributed by atoms with Gasteiger partial charge in [-0.05, 0) is 18.6 Å². The third-order valence-corrected chi connectivity index (χ3v) is 3.01. The lowest BCUT2D eigenvalue weighted by atomic mass is 10.0. The maximum atomic E-state index is 8.04. The van der Waals surface area contributed by atoms with Crippen molar-refractivity contribution in [3.05, 3.63) is 30.3 Å².